The topological polar surface area (TPSA) is 106 Å². The smallest absolute Gasteiger partial charge is 0.429 e. The molecule has 0 aromatic heterocycles. The normalized spacial score (nSPS) is 19.5. The number of amides is 3. The van der Waals surface area contributed by atoms with Crippen molar-refractivity contribution in [3.05, 3.63) is 29.6 Å². The van der Waals surface area contributed by atoms with E-state index >= 15 is 0 Å². The minimum absolute atomic E-state index is 0.0113. The molecule has 2 aliphatic rings. The van der Waals surface area contributed by atoms with Crippen LogP contribution in [0.1, 0.15) is 32.8 Å². The summed E-state index contributed by atoms with van der Waals surface area (Å²) in [6, 6.07) is 6.22. The maximum Gasteiger partial charge on any atom is 0.429 e. The van der Waals surface area contributed by atoms with Crippen molar-refractivity contribution in [1.82, 2.24) is 15.3 Å². The summed E-state index contributed by atoms with van der Waals surface area (Å²) in [6.07, 6.45) is -0.720. The number of carbonyl (C=O) groups excluding carboxylic acids is 3. The maximum absolute atomic E-state index is 14.3. The number of nitrogens with one attached hydrogen (secondary N) is 1. The molecule has 2 heterocycles. The predicted molar refractivity (Wildman–Crippen MR) is 109 cm³/mol. The molecule has 0 bridgehead atoms. The molecular formula is C21H26FN5O4. The van der Waals surface area contributed by atoms with Crippen LogP contribution in [0, 0.1) is 23.1 Å². The second-order valence-electron chi connectivity index (χ2n) is 8.62. The number of ether oxygens (including phenoxy) is 1. The number of piperazine rings is 1. The van der Waals surface area contributed by atoms with Crippen LogP contribution in [0.15, 0.2) is 18.2 Å². The van der Waals surface area contributed by atoms with Crippen molar-refractivity contribution < 1.29 is 23.5 Å². The first-order chi connectivity index (χ1) is 14.6. The van der Waals surface area contributed by atoms with Crippen LogP contribution in [-0.4, -0.2) is 66.1 Å². The third-order valence-corrected chi connectivity index (χ3v) is 5.07. The van der Waals surface area contributed by atoms with Crippen molar-refractivity contribution in [1.29, 1.82) is 5.26 Å². The number of nitrogens with zero attached hydrogens (tertiary/aromatic N) is 4. The Morgan fingerprint density at radius 2 is 1.90 bits per heavy atom. The number of hydrogen-bond acceptors (Lipinski definition) is 6. The average molecular weight is 431 g/mol. The summed E-state index contributed by atoms with van der Waals surface area (Å²) in [5.74, 6) is -1.78. The predicted octanol–water partition coefficient (Wildman–Crippen LogP) is 1.63. The summed E-state index contributed by atoms with van der Waals surface area (Å²) >= 11 is 0. The highest BCUT2D eigenvalue weighted by Gasteiger charge is 2.37. The van der Waals surface area contributed by atoms with Crippen molar-refractivity contribution in [3.63, 3.8) is 0 Å². The van der Waals surface area contributed by atoms with Gasteiger partial charge in [0.1, 0.15) is 11.4 Å². The summed E-state index contributed by atoms with van der Waals surface area (Å²) < 4.78 is 19.6. The van der Waals surface area contributed by atoms with Crippen LogP contribution in [0.2, 0.25) is 0 Å². The molecule has 3 amide bonds. The molecule has 166 valence electrons. The van der Waals surface area contributed by atoms with Crippen LogP contribution in [0.5, 0.6) is 0 Å². The minimum Gasteiger partial charge on any atom is -0.442 e. The molecule has 3 rings (SSSR count). The van der Waals surface area contributed by atoms with Gasteiger partial charge in [-0.1, -0.05) is 0 Å². The molecular weight excluding hydrogens is 405 g/mol. The van der Waals surface area contributed by atoms with Crippen molar-refractivity contribution in [3.8, 4) is 6.07 Å². The van der Waals surface area contributed by atoms with Gasteiger partial charge in [0.25, 0.3) is 0 Å². The van der Waals surface area contributed by atoms with Crippen molar-refractivity contribution >= 4 is 23.6 Å². The van der Waals surface area contributed by atoms with Gasteiger partial charge in [0.15, 0.2) is 0 Å². The minimum atomic E-state index is -0.726. The molecule has 2 saturated heterocycles. The molecule has 31 heavy (non-hydrogen) atoms. The first-order valence-corrected chi connectivity index (χ1v) is 10.1. The van der Waals surface area contributed by atoms with Gasteiger partial charge in [0.2, 0.25) is 11.8 Å². The number of hydrogen-bond donors (Lipinski definition) is 1. The van der Waals surface area contributed by atoms with Gasteiger partial charge in [-0.05, 0) is 39.0 Å². The van der Waals surface area contributed by atoms with Crippen molar-refractivity contribution in [2.75, 3.05) is 37.6 Å². The molecule has 1 aromatic carbocycles. The van der Waals surface area contributed by atoms with E-state index in [1.54, 1.807) is 37.8 Å². The second kappa shape index (κ2) is 8.79. The summed E-state index contributed by atoms with van der Waals surface area (Å²) in [7, 11) is 0. The molecule has 9 nitrogen and oxygen atoms in total. The molecule has 0 saturated carbocycles. The zero-order valence-corrected chi connectivity index (χ0v) is 17.9. The molecule has 0 unspecified atom stereocenters. The Morgan fingerprint density at radius 3 is 2.48 bits per heavy atom. The van der Waals surface area contributed by atoms with Crippen molar-refractivity contribution in [2.24, 2.45) is 5.92 Å². The van der Waals surface area contributed by atoms with E-state index in [2.05, 4.69) is 5.43 Å². The quantitative estimate of drug-likeness (QED) is 0.763. The van der Waals surface area contributed by atoms with E-state index in [9.17, 15) is 18.8 Å². The Balaban J connectivity index is 1.60. The summed E-state index contributed by atoms with van der Waals surface area (Å²) in [5, 5.41) is 9.92. The van der Waals surface area contributed by atoms with Gasteiger partial charge in [-0.3, -0.25) is 15.0 Å². The Labute approximate surface area is 180 Å². The highest BCUT2D eigenvalue weighted by atomic mass is 19.1. The van der Waals surface area contributed by atoms with Crippen molar-refractivity contribution in [2.45, 2.75) is 32.8 Å². The van der Waals surface area contributed by atoms with Crippen LogP contribution in [0.4, 0.5) is 14.9 Å². The van der Waals surface area contributed by atoms with E-state index in [1.165, 1.54) is 6.07 Å². The fourth-order valence-corrected chi connectivity index (χ4v) is 3.61. The zero-order valence-electron chi connectivity index (χ0n) is 17.9. The van der Waals surface area contributed by atoms with Crippen LogP contribution < -0.4 is 10.3 Å². The van der Waals surface area contributed by atoms with E-state index in [-0.39, 0.29) is 24.4 Å². The first kappa shape index (κ1) is 22.3. The lowest BCUT2D eigenvalue weighted by atomic mass is 10.0. The number of rotatable bonds is 2. The molecule has 0 radical (unpaired) electrons. The number of halogens is 1. The lowest BCUT2D eigenvalue weighted by Crippen LogP contribution is -2.58. The van der Waals surface area contributed by atoms with Crippen LogP contribution in [0.25, 0.3) is 0 Å². The molecule has 2 aliphatic heterocycles. The van der Waals surface area contributed by atoms with E-state index in [1.807, 2.05) is 11.0 Å². The third kappa shape index (κ3) is 5.42. The van der Waals surface area contributed by atoms with Gasteiger partial charge in [-0.15, -0.1) is 0 Å². The van der Waals surface area contributed by atoms with Crippen LogP contribution >= 0.6 is 0 Å². The van der Waals surface area contributed by atoms with Gasteiger partial charge in [-0.2, -0.15) is 5.26 Å². The van der Waals surface area contributed by atoms with E-state index < -0.39 is 29.3 Å². The Hall–Kier alpha value is -3.35. The Bertz CT molecular complexity index is 915. The fourth-order valence-electron chi connectivity index (χ4n) is 3.61. The summed E-state index contributed by atoms with van der Waals surface area (Å²) in [5.41, 5.74) is 2.36. The largest absolute Gasteiger partial charge is 0.442 e. The standard InChI is InChI=1S/C21H26FN5O4/c1-21(2,3)31-20(30)27-13-15(11-18(28)24-27)19(29)26-8-6-25(7-9-26)17-5-4-14(12-23)10-16(17)22/h4-5,10,15H,6-9,11,13H2,1-3H3,(H,24,28)/t15-/m1/s1. The Kier molecular flexibility index (Phi) is 6.34. The number of benzene rings is 1. The van der Waals surface area contributed by atoms with E-state index in [0.717, 1.165) is 5.01 Å². The van der Waals surface area contributed by atoms with Gasteiger partial charge < -0.3 is 14.5 Å². The molecule has 2 fully saturated rings. The summed E-state index contributed by atoms with van der Waals surface area (Å²) in [4.78, 5) is 40.8. The van der Waals surface area contributed by atoms with E-state index in [4.69, 9.17) is 10.00 Å². The zero-order chi connectivity index (χ0) is 22.8. The molecule has 1 aromatic rings. The van der Waals surface area contributed by atoms with Crippen LogP contribution in [0.3, 0.4) is 0 Å². The molecule has 0 spiro atoms. The fraction of sp³-hybridized carbons (Fsp3) is 0.524. The summed E-state index contributed by atoms with van der Waals surface area (Å²) in [6.45, 7) is 6.75. The number of hydrazine groups is 1. The lowest BCUT2D eigenvalue weighted by Gasteiger charge is -2.39. The molecule has 1 atom stereocenters. The SMILES string of the molecule is CC(C)(C)OC(=O)N1C[C@H](C(=O)N2CCN(c3ccc(C#N)cc3F)CC2)CC(=O)N1. The van der Waals surface area contributed by atoms with Gasteiger partial charge >= 0.3 is 6.09 Å². The van der Waals surface area contributed by atoms with E-state index in [0.29, 0.717) is 31.9 Å². The highest BCUT2D eigenvalue weighted by molar-refractivity contribution is 5.89. The van der Waals surface area contributed by atoms with Gasteiger partial charge in [0, 0.05) is 32.6 Å². The number of carbonyl (C=O) groups is 3. The van der Waals surface area contributed by atoms with Gasteiger partial charge in [0.05, 0.1) is 29.8 Å². The molecule has 1 N–H and O–H groups in total. The third-order valence-electron chi connectivity index (χ3n) is 5.07. The second-order valence-corrected chi connectivity index (χ2v) is 8.62. The van der Waals surface area contributed by atoms with Crippen LogP contribution in [-0.2, 0) is 14.3 Å². The number of nitriles is 1. The average Bonchev–Trinajstić information content (AvgIpc) is 2.71. The molecule has 10 heteroatoms. The Morgan fingerprint density at radius 1 is 1.23 bits per heavy atom. The maximum atomic E-state index is 14.3. The number of anilines is 1. The highest BCUT2D eigenvalue weighted by Crippen LogP contribution is 2.23. The molecule has 0 aliphatic carbocycles. The lowest BCUT2D eigenvalue weighted by molar-refractivity contribution is -0.144. The first-order valence-electron chi connectivity index (χ1n) is 10.1. The monoisotopic (exact) mass is 431 g/mol. The van der Waals surface area contributed by atoms with Gasteiger partial charge in [-0.25, -0.2) is 14.2 Å².